The van der Waals surface area contributed by atoms with Crippen LogP contribution in [0.25, 0.3) is 11.0 Å². The summed E-state index contributed by atoms with van der Waals surface area (Å²) >= 11 is 12.3. The van der Waals surface area contributed by atoms with Crippen molar-refractivity contribution in [1.82, 2.24) is 9.97 Å². The van der Waals surface area contributed by atoms with Gasteiger partial charge in [0.05, 0.1) is 33.9 Å². The number of nitrogens with zero attached hydrogens (tertiary/aromatic N) is 2. The molecule has 0 aliphatic carbocycles. The average Bonchev–Trinajstić information content (AvgIpc) is 2.52. The van der Waals surface area contributed by atoms with E-state index in [0.29, 0.717) is 27.1 Å². The van der Waals surface area contributed by atoms with Crippen molar-refractivity contribution in [2.75, 3.05) is 0 Å². The fourth-order valence-corrected chi connectivity index (χ4v) is 4.30. The average molecular weight is 365 g/mol. The molecule has 3 rings (SSSR count). The molecule has 0 saturated carbocycles. The van der Waals surface area contributed by atoms with Gasteiger partial charge in [-0.25, -0.2) is 9.97 Å². The Balaban J connectivity index is 1.84. The van der Waals surface area contributed by atoms with Crippen LogP contribution in [0.2, 0.25) is 10.0 Å². The number of hydrogen-bond acceptors (Lipinski definition) is 3. The summed E-state index contributed by atoms with van der Waals surface area (Å²) in [5.74, 6) is 0.623. The third-order valence-electron chi connectivity index (χ3n) is 3.51. The zero-order valence-corrected chi connectivity index (χ0v) is 14.8. The van der Waals surface area contributed by atoms with E-state index < -0.39 is 10.8 Å². The molecular weight excluding hydrogens is 351 g/mol. The number of fused-ring (bicyclic) bond motifs is 1. The molecule has 1 aromatic heterocycles. The van der Waals surface area contributed by atoms with Crippen molar-refractivity contribution in [3.8, 4) is 0 Å². The van der Waals surface area contributed by atoms with Gasteiger partial charge < -0.3 is 0 Å². The molecule has 0 unspecified atom stereocenters. The highest BCUT2D eigenvalue weighted by atomic mass is 35.5. The van der Waals surface area contributed by atoms with Crippen molar-refractivity contribution in [2.24, 2.45) is 0 Å². The Labute approximate surface area is 147 Å². The van der Waals surface area contributed by atoms with Gasteiger partial charge in [0.15, 0.2) is 0 Å². The van der Waals surface area contributed by atoms with Gasteiger partial charge in [0.25, 0.3) is 0 Å². The van der Waals surface area contributed by atoms with Crippen LogP contribution >= 0.6 is 23.2 Å². The van der Waals surface area contributed by atoms with Crippen molar-refractivity contribution < 1.29 is 4.21 Å². The van der Waals surface area contributed by atoms with E-state index in [1.165, 1.54) is 0 Å². The Bertz CT molecular complexity index is 879. The van der Waals surface area contributed by atoms with Crippen LogP contribution in [0.15, 0.2) is 42.5 Å². The number of benzene rings is 2. The zero-order chi connectivity index (χ0) is 16.4. The van der Waals surface area contributed by atoms with E-state index in [0.717, 1.165) is 22.4 Å². The summed E-state index contributed by atoms with van der Waals surface area (Å²) in [6, 6.07) is 12.9. The van der Waals surface area contributed by atoms with Crippen LogP contribution < -0.4 is 0 Å². The molecule has 23 heavy (non-hydrogen) atoms. The molecule has 0 bridgehead atoms. The van der Waals surface area contributed by atoms with Gasteiger partial charge in [-0.15, -0.1) is 0 Å². The summed E-state index contributed by atoms with van der Waals surface area (Å²) in [5.41, 5.74) is 3.89. The van der Waals surface area contributed by atoms with Crippen LogP contribution in [0.5, 0.6) is 0 Å². The van der Waals surface area contributed by atoms with Crippen LogP contribution in [0, 0.1) is 6.92 Å². The fourth-order valence-electron chi connectivity index (χ4n) is 2.30. The number of aryl methyl sites for hydroxylation is 1. The number of rotatable bonds is 4. The molecule has 0 aliphatic heterocycles. The van der Waals surface area contributed by atoms with E-state index in [-0.39, 0.29) is 0 Å². The van der Waals surface area contributed by atoms with Crippen molar-refractivity contribution in [3.05, 3.63) is 69.5 Å². The van der Waals surface area contributed by atoms with Gasteiger partial charge in [0, 0.05) is 26.4 Å². The minimum absolute atomic E-state index is 0.298. The first-order valence-corrected chi connectivity index (χ1v) is 9.29. The summed E-state index contributed by atoms with van der Waals surface area (Å²) in [7, 11) is -1.17. The molecule has 6 heteroatoms. The van der Waals surface area contributed by atoms with E-state index in [9.17, 15) is 4.21 Å². The highest BCUT2D eigenvalue weighted by Crippen LogP contribution is 2.26. The standard InChI is InChI=1S/C17H14Cl2N2OS/c1-11-17(21-16-8-3-2-7-15(16)20-11)10-23(22)9-12-13(18)5-4-6-14(12)19/h2-8H,9-10H2,1H3/t23-/m0/s1. The highest BCUT2D eigenvalue weighted by Gasteiger charge is 2.13. The van der Waals surface area contributed by atoms with E-state index in [4.69, 9.17) is 23.2 Å². The first-order chi connectivity index (χ1) is 11.0. The van der Waals surface area contributed by atoms with E-state index in [1.54, 1.807) is 18.2 Å². The minimum Gasteiger partial charge on any atom is -0.259 e. The molecule has 0 saturated heterocycles. The molecule has 1 heterocycles. The molecule has 0 amide bonds. The Morgan fingerprint density at radius 1 is 0.913 bits per heavy atom. The van der Waals surface area contributed by atoms with Crippen molar-refractivity contribution in [2.45, 2.75) is 18.4 Å². The van der Waals surface area contributed by atoms with E-state index in [2.05, 4.69) is 9.97 Å². The Hall–Kier alpha value is -1.49. The van der Waals surface area contributed by atoms with Crippen molar-refractivity contribution >= 4 is 45.0 Å². The number of hydrogen-bond donors (Lipinski definition) is 0. The van der Waals surface area contributed by atoms with Crippen LogP contribution in [-0.2, 0) is 22.3 Å². The number of halogens is 2. The molecule has 2 aromatic carbocycles. The largest absolute Gasteiger partial charge is 0.259 e. The first-order valence-electron chi connectivity index (χ1n) is 7.04. The number of aromatic nitrogens is 2. The Morgan fingerprint density at radius 2 is 1.52 bits per heavy atom. The second kappa shape index (κ2) is 6.95. The van der Waals surface area contributed by atoms with E-state index in [1.807, 2.05) is 31.2 Å². The summed E-state index contributed by atoms with van der Waals surface area (Å²) in [4.78, 5) is 9.10. The fraction of sp³-hybridized carbons (Fsp3) is 0.176. The monoisotopic (exact) mass is 364 g/mol. The van der Waals surface area contributed by atoms with Crippen LogP contribution in [0.4, 0.5) is 0 Å². The topological polar surface area (TPSA) is 42.9 Å². The molecule has 1 atom stereocenters. The molecule has 0 radical (unpaired) electrons. The van der Waals surface area contributed by atoms with Gasteiger partial charge in [0.1, 0.15) is 0 Å². The maximum absolute atomic E-state index is 12.5. The third-order valence-corrected chi connectivity index (χ3v) is 5.42. The second-order valence-electron chi connectivity index (χ2n) is 5.17. The van der Waals surface area contributed by atoms with Crippen LogP contribution in [-0.4, -0.2) is 14.2 Å². The normalized spacial score (nSPS) is 12.5. The molecule has 0 aliphatic rings. The lowest BCUT2D eigenvalue weighted by atomic mass is 10.2. The molecule has 3 aromatic rings. The second-order valence-corrected chi connectivity index (χ2v) is 7.44. The lowest BCUT2D eigenvalue weighted by Crippen LogP contribution is -2.05. The summed E-state index contributed by atoms with van der Waals surface area (Å²) in [6.45, 7) is 1.88. The zero-order valence-electron chi connectivity index (χ0n) is 12.4. The molecule has 0 N–H and O–H groups in total. The molecule has 3 nitrogen and oxygen atoms in total. The third kappa shape index (κ3) is 3.71. The van der Waals surface area contributed by atoms with Crippen molar-refractivity contribution in [3.63, 3.8) is 0 Å². The van der Waals surface area contributed by atoms with Gasteiger partial charge in [-0.2, -0.15) is 0 Å². The predicted molar refractivity (Wildman–Crippen MR) is 96.3 cm³/mol. The summed E-state index contributed by atoms with van der Waals surface area (Å²) < 4.78 is 12.5. The summed E-state index contributed by atoms with van der Waals surface area (Å²) in [5, 5.41) is 1.07. The van der Waals surface area contributed by atoms with Crippen LogP contribution in [0.3, 0.4) is 0 Å². The maximum atomic E-state index is 12.5. The van der Waals surface area contributed by atoms with E-state index >= 15 is 0 Å². The van der Waals surface area contributed by atoms with Gasteiger partial charge in [-0.1, -0.05) is 41.4 Å². The van der Waals surface area contributed by atoms with Crippen LogP contribution in [0.1, 0.15) is 17.0 Å². The minimum atomic E-state index is -1.17. The van der Waals surface area contributed by atoms with Crippen molar-refractivity contribution in [1.29, 1.82) is 0 Å². The molecule has 118 valence electrons. The lowest BCUT2D eigenvalue weighted by Gasteiger charge is -2.09. The first kappa shape index (κ1) is 16.4. The molecule has 0 spiro atoms. The quantitative estimate of drug-likeness (QED) is 0.673. The lowest BCUT2D eigenvalue weighted by molar-refractivity contribution is 0.681. The summed E-state index contributed by atoms with van der Waals surface area (Å²) in [6.07, 6.45) is 0. The van der Waals surface area contributed by atoms with Gasteiger partial charge >= 0.3 is 0 Å². The predicted octanol–water partition coefficient (Wildman–Crippen LogP) is 4.69. The Kier molecular flexibility index (Phi) is 4.95. The highest BCUT2D eigenvalue weighted by molar-refractivity contribution is 7.83. The van der Waals surface area contributed by atoms with Gasteiger partial charge in [0.2, 0.25) is 0 Å². The van der Waals surface area contributed by atoms with Gasteiger partial charge in [-0.3, -0.25) is 4.21 Å². The maximum Gasteiger partial charge on any atom is 0.0890 e. The number of para-hydroxylation sites is 2. The SMILES string of the molecule is Cc1nc2ccccc2nc1C[S@@](=O)Cc1c(Cl)cccc1Cl. The Morgan fingerprint density at radius 3 is 2.17 bits per heavy atom. The smallest absolute Gasteiger partial charge is 0.0890 e. The molecular formula is C17H14Cl2N2OS. The van der Waals surface area contributed by atoms with Gasteiger partial charge in [-0.05, 0) is 31.2 Å². The molecule has 0 fully saturated rings.